The summed E-state index contributed by atoms with van der Waals surface area (Å²) in [5.41, 5.74) is 2.94. The smallest absolute Gasteiger partial charge is 0.243 e. The van der Waals surface area contributed by atoms with Gasteiger partial charge >= 0.3 is 0 Å². The van der Waals surface area contributed by atoms with Crippen LogP contribution in [0.1, 0.15) is 42.9 Å². The lowest BCUT2D eigenvalue weighted by atomic mass is 10.0. The number of unbranched alkanes of at least 4 members (excludes halogenated alkanes) is 1. The predicted molar refractivity (Wildman–Crippen MR) is 154 cm³/mol. The average molecular weight is 582 g/mol. The Morgan fingerprint density at radius 2 is 1.58 bits per heavy atom. The molecule has 0 saturated carbocycles. The predicted octanol–water partition coefficient (Wildman–Crippen LogP) is 5.96. The molecule has 2 amide bonds. The summed E-state index contributed by atoms with van der Waals surface area (Å²) in [6.07, 6.45) is 3.10. The van der Waals surface area contributed by atoms with Gasteiger partial charge in [-0.3, -0.25) is 9.59 Å². The molecular weight excluding hydrogens is 544 g/mol. The standard InChI is InChI=1S/C31H37BrN2O4/c1-4-5-19-33-31(36)27(20-23-9-7-6-8-10-23)34(22-25-11-15-26(32)16-12-25)30(35)18-14-24-13-17-28(37-2)29(21-24)38-3/h6-13,15-17,21,27H,4-5,14,18-20,22H2,1-3H3,(H,33,36)/t27-/m1/s1. The molecule has 0 aromatic heterocycles. The summed E-state index contributed by atoms with van der Waals surface area (Å²) in [6.45, 7) is 3.02. The van der Waals surface area contributed by atoms with Crippen LogP contribution in [-0.4, -0.2) is 43.5 Å². The van der Waals surface area contributed by atoms with Crippen LogP contribution in [-0.2, 0) is 29.0 Å². The van der Waals surface area contributed by atoms with Gasteiger partial charge < -0.3 is 19.7 Å². The lowest BCUT2D eigenvalue weighted by molar-refractivity contribution is -0.141. The Morgan fingerprint density at radius 1 is 0.895 bits per heavy atom. The minimum Gasteiger partial charge on any atom is -0.493 e. The van der Waals surface area contributed by atoms with Gasteiger partial charge in [-0.1, -0.05) is 77.8 Å². The molecule has 202 valence electrons. The number of hydrogen-bond acceptors (Lipinski definition) is 4. The van der Waals surface area contributed by atoms with E-state index in [2.05, 4.69) is 28.2 Å². The summed E-state index contributed by atoms with van der Waals surface area (Å²) in [4.78, 5) is 29.0. The lowest BCUT2D eigenvalue weighted by Crippen LogP contribution is -2.50. The van der Waals surface area contributed by atoms with E-state index in [0.29, 0.717) is 37.4 Å². The molecule has 0 bridgehead atoms. The van der Waals surface area contributed by atoms with Crippen LogP contribution in [0.5, 0.6) is 11.5 Å². The van der Waals surface area contributed by atoms with E-state index in [-0.39, 0.29) is 18.2 Å². The number of benzene rings is 3. The third-order valence-electron chi connectivity index (χ3n) is 6.44. The fourth-order valence-corrected chi connectivity index (χ4v) is 4.54. The SMILES string of the molecule is CCCCNC(=O)[C@@H](Cc1ccccc1)N(Cc1ccc(Br)cc1)C(=O)CCc1ccc(OC)c(OC)c1. The first-order valence-corrected chi connectivity index (χ1v) is 13.8. The van der Waals surface area contributed by atoms with Crippen LogP contribution in [0.3, 0.4) is 0 Å². The molecule has 7 heteroatoms. The second-order valence-corrected chi connectivity index (χ2v) is 10.1. The van der Waals surface area contributed by atoms with Crippen molar-refractivity contribution in [2.24, 2.45) is 0 Å². The normalized spacial score (nSPS) is 11.5. The highest BCUT2D eigenvalue weighted by molar-refractivity contribution is 9.10. The van der Waals surface area contributed by atoms with Crippen molar-refractivity contribution in [1.29, 1.82) is 0 Å². The molecule has 0 saturated heterocycles. The van der Waals surface area contributed by atoms with Crippen molar-refractivity contribution < 1.29 is 19.1 Å². The summed E-state index contributed by atoms with van der Waals surface area (Å²) < 4.78 is 11.7. The molecule has 3 aromatic rings. The molecule has 0 aliphatic carbocycles. The number of nitrogens with zero attached hydrogens (tertiary/aromatic N) is 1. The molecule has 3 rings (SSSR count). The minimum atomic E-state index is -0.629. The van der Waals surface area contributed by atoms with Gasteiger partial charge in [-0.2, -0.15) is 0 Å². The number of carbonyl (C=O) groups is 2. The van der Waals surface area contributed by atoms with Crippen molar-refractivity contribution in [1.82, 2.24) is 10.2 Å². The maximum atomic E-state index is 13.8. The first-order chi connectivity index (χ1) is 18.4. The highest BCUT2D eigenvalue weighted by Crippen LogP contribution is 2.28. The van der Waals surface area contributed by atoms with Crippen LogP contribution in [0.2, 0.25) is 0 Å². The highest BCUT2D eigenvalue weighted by Gasteiger charge is 2.30. The maximum Gasteiger partial charge on any atom is 0.243 e. The summed E-state index contributed by atoms with van der Waals surface area (Å²) in [5, 5.41) is 3.06. The molecule has 0 aliphatic heterocycles. The van der Waals surface area contributed by atoms with E-state index in [1.165, 1.54) is 0 Å². The maximum absolute atomic E-state index is 13.8. The van der Waals surface area contributed by atoms with Crippen LogP contribution >= 0.6 is 15.9 Å². The Kier molecular flexibility index (Phi) is 11.7. The van der Waals surface area contributed by atoms with Crippen LogP contribution in [0, 0.1) is 0 Å². The van der Waals surface area contributed by atoms with E-state index in [4.69, 9.17) is 9.47 Å². The highest BCUT2D eigenvalue weighted by atomic mass is 79.9. The van der Waals surface area contributed by atoms with Crippen molar-refractivity contribution in [3.8, 4) is 11.5 Å². The Morgan fingerprint density at radius 3 is 2.24 bits per heavy atom. The topological polar surface area (TPSA) is 67.9 Å². The van der Waals surface area contributed by atoms with Gasteiger partial charge in [0, 0.05) is 30.4 Å². The first kappa shape index (κ1) is 29.2. The van der Waals surface area contributed by atoms with E-state index in [9.17, 15) is 9.59 Å². The Hall–Kier alpha value is -3.32. The molecule has 3 aromatic carbocycles. The van der Waals surface area contributed by atoms with Gasteiger partial charge in [0.25, 0.3) is 0 Å². The molecule has 0 radical (unpaired) electrons. The second kappa shape index (κ2) is 15.2. The summed E-state index contributed by atoms with van der Waals surface area (Å²) in [6, 6.07) is 22.8. The van der Waals surface area contributed by atoms with E-state index in [1.54, 1.807) is 19.1 Å². The Bertz CT molecular complexity index is 1170. The number of carbonyl (C=O) groups excluding carboxylic acids is 2. The van der Waals surface area contributed by atoms with E-state index in [0.717, 1.165) is 34.0 Å². The van der Waals surface area contributed by atoms with Gasteiger partial charge in [0.15, 0.2) is 11.5 Å². The summed E-state index contributed by atoms with van der Waals surface area (Å²) >= 11 is 3.48. The first-order valence-electron chi connectivity index (χ1n) is 13.0. The van der Waals surface area contributed by atoms with Crippen molar-refractivity contribution in [2.45, 2.75) is 51.6 Å². The van der Waals surface area contributed by atoms with Gasteiger partial charge in [0.2, 0.25) is 11.8 Å². The number of halogens is 1. The van der Waals surface area contributed by atoms with Crippen LogP contribution in [0.25, 0.3) is 0 Å². The van der Waals surface area contributed by atoms with E-state index >= 15 is 0 Å². The third kappa shape index (κ3) is 8.62. The molecule has 0 aliphatic rings. The monoisotopic (exact) mass is 580 g/mol. The summed E-state index contributed by atoms with van der Waals surface area (Å²) in [7, 11) is 3.19. The summed E-state index contributed by atoms with van der Waals surface area (Å²) in [5.74, 6) is 1.07. The molecule has 38 heavy (non-hydrogen) atoms. The number of aryl methyl sites for hydroxylation is 1. The van der Waals surface area contributed by atoms with Gasteiger partial charge in [0.05, 0.1) is 14.2 Å². The zero-order valence-corrected chi connectivity index (χ0v) is 24.0. The van der Waals surface area contributed by atoms with Crippen LogP contribution in [0.4, 0.5) is 0 Å². The molecule has 0 spiro atoms. The quantitative estimate of drug-likeness (QED) is 0.239. The minimum absolute atomic E-state index is 0.0747. The third-order valence-corrected chi connectivity index (χ3v) is 6.97. The molecular formula is C31H37BrN2O4. The van der Waals surface area contributed by atoms with Gasteiger partial charge in [0.1, 0.15) is 6.04 Å². The Labute approximate surface area is 234 Å². The molecule has 0 heterocycles. The van der Waals surface area contributed by atoms with Crippen LogP contribution < -0.4 is 14.8 Å². The van der Waals surface area contributed by atoms with Crippen molar-refractivity contribution in [3.63, 3.8) is 0 Å². The van der Waals surface area contributed by atoms with Crippen molar-refractivity contribution in [3.05, 3.63) is 94.0 Å². The number of amides is 2. The fraction of sp³-hybridized carbons (Fsp3) is 0.355. The van der Waals surface area contributed by atoms with E-state index < -0.39 is 6.04 Å². The molecule has 0 fully saturated rings. The van der Waals surface area contributed by atoms with Crippen molar-refractivity contribution in [2.75, 3.05) is 20.8 Å². The number of methoxy groups -OCH3 is 2. The molecule has 6 nitrogen and oxygen atoms in total. The number of rotatable bonds is 14. The van der Waals surface area contributed by atoms with Crippen LogP contribution in [0.15, 0.2) is 77.3 Å². The van der Waals surface area contributed by atoms with Gasteiger partial charge in [-0.05, 0) is 53.8 Å². The molecule has 1 atom stereocenters. The van der Waals surface area contributed by atoms with Crippen molar-refractivity contribution >= 4 is 27.7 Å². The molecule has 1 N–H and O–H groups in total. The molecule has 0 unspecified atom stereocenters. The fourth-order valence-electron chi connectivity index (χ4n) is 4.28. The largest absolute Gasteiger partial charge is 0.493 e. The number of ether oxygens (including phenoxy) is 2. The lowest BCUT2D eigenvalue weighted by Gasteiger charge is -2.32. The zero-order valence-electron chi connectivity index (χ0n) is 22.4. The zero-order chi connectivity index (χ0) is 27.3. The van der Waals surface area contributed by atoms with Gasteiger partial charge in [-0.15, -0.1) is 0 Å². The van der Waals surface area contributed by atoms with E-state index in [1.807, 2.05) is 72.8 Å². The second-order valence-electron chi connectivity index (χ2n) is 9.19. The average Bonchev–Trinajstić information content (AvgIpc) is 2.95. The van der Waals surface area contributed by atoms with Gasteiger partial charge in [-0.25, -0.2) is 0 Å². The Balaban J connectivity index is 1.88. The number of nitrogens with one attached hydrogen (secondary N) is 1. The number of hydrogen-bond donors (Lipinski definition) is 1.